The van der Waals surface area contributed by atoms with E-state index in [1.165, 1.54) is 180 Å². The molecule has 0 aromatic carbocycles. The topological polar surface area (TPSA) is 72.8 Å². The Bertz CT molecular complexity index is 1440. The van der Waals surface area contributed by atoms with Crippen LogP contribution in [0.25, 0.3) is 0 Å². The lowest BCUT2D eigenvalue weighted by Gasteiger charge is -2.15. The van der Waals surface area contributed by atoms with E-state index in [0.29, 0.717) is 12.8 Å². The zero-order chi connectivity index (χ0) is 53.4. The molecule has 1 unspecified atom stereocenters. The Hall–Kier alpha value is -3.44. The maximum atomic E-state index is 12.3. The lowest BCUT2D eigenvalue weighted by Crippen LogP contribution is -2.28. The summed E-state index contributed by atoms with van der Waals surface area (Å²) in [6.45, 7) is 4.03. The van der Waals surface area contributed by atoms with Crippen molar-refractivity contribution in [2.75, 3.05) is 13.2 Å². The molecule has 0 spiro atoms. The monoisotopic (exact) mass is 1030 g/mol. The largest absolute Gasteiger partial charge is 0.462 e. The number of ether oxygens (including phenoxy) is 2. The van der Waals surface area contributed by atoms with Crippen molar-refractivity contribution >= 4 is 11.9 Å². The summed E-state index contributed by atoms with van der Waals surface area (Å²) >= 11 is 0. The summed E-state index contributed by atoms with van der Waals surface area (Å²) in [5.74, 6) is -0.590. The maximum Gasteiger partial charge on any atom is 0.306 e. The first kappa shape index (κ1) is 70.6. The molecule has 0 radical (unpaired) electrons. The van der Waals surface area contributed by atoms with Crippen LogP contribution < -0.4 is 0 Å². The average molecular weight is 1030 g/mol. The molecule has 0 bridgehead atoms. The molecule has 0 heterocycles. The van der Waals surface area contributed by atoms with Gasteiger partial charge in [-0.25, -0.2) is 0 Å². The summed E-state index contributed by atoms with van der Waals surface area (Å²) in [5.41, 5.74) is 0. The van der Waals surface area contributed by atoms with Gasteiger partial charge >= 0.3 is 11.9 Å². The van der Waals surface area contributed by atoms with Gasteiger partial charge in [0.1, 0.15) is 6.61 Å². The highest BCUT2D eigenvalue weighted by Gasteiger charge is 2.16. The molecular formula is C69H118O5. The first-order valence-electron chi connectivity index (χ1n) is 31.4. The lowest BCUT2D eigenvalue weighted by molar-refractivity contribution is -0.161. The van der Waals surface area contributed by atoms with Gasteiger partial charge in [-0.05, 0) is 103 Å². The van der Waals surface area contributed by atoms with Crippen LogP contribution in [0.15, 0.2) is 109 Å². The zero-order valence-corrected chi connectivity index (χ0v) is 48.6. The van der Waals surface area contributed by atoms with Gasteiger partial charge < -0.3 is 14.6 Å². The van der Waals surface area contributed by atoms with Gasteiger partial charge in [-0.2, -0.15) is 0 Å². The molecule has 0 saturated carbocycles. The molecule has 0 aromatic rings. The van der Waals surface area contributed by atoms with Crippen molar-refractivity contribution < 1.29 is 24.2 Å². The van der Waals surface area contributed by atoms with Crippen molar-refractivity contribution in [3.8, 4) is 0 Å². The second-order valence-electron chi connectivity index (χ2n) is 20.8. The van der Waals surface area contributed by atoms with Crippen molar-refractivity contribution in [1.82, 2.24) is 0 Å². The number of esters is 2. The molecule has 1 N–H and O–H groups in total. The van der Waals surface area contributed by atoms with E-state index in [0.717, 1.165) is 89.9 Å². The van der Waals surface area contributed by atoms with E-state index in [-0.39, 0.29) is 25.2 Å². The van der Waals surface area contributed by atoms with Crippen molar-refractivity contribution in [3.05, 3.63) is 109 Å². The predicted molar refractivity (Wildman–Crippen MR) is 325 cm³/mol. The number of carbonyl (C=O) groups is 2. The van der Waals surface area contributed by atoms with Crippen LogP contribution in [0.5, 0.6) is 0 Å². The number of rotatable bonds is 57. The number of carbonyl (C=O) groups excluding carboxylic acids is 2. The van der Waals surface area contributed by atoms with Crippen LogP contribution in [-0.4, -0.2) is 36.4 Å². The SMILES string of the molecule is CC/C=C\C/C=C\C/C=C\C/C=C\C/C=C\C/C=C\CCCCCCCCCCCCCCCCCCC(=O)OC(CO)COC(=O)CCCCCCCCCCCC/C=C\C/C=C\C/C=C\CCCCCCC. The average Bonchev–Trinajstić information content (AvgIpc) is 3.40. The third-order valence-electron chi connectivity index (χ3n) is 13.6. The molecule has 5 nitrogen and oxygen atoms in total. The number of aliphatic hydroxyl groups excluding tert-OH is 1. The van der Waals surface area contributed by atoms with Gasteiger partial charge in [-0.1, -0.05) is 290 Å². The van der Waals surface area contributed by atoms with Gasteiger partial charge in [-0.15, -0.1) is 0 Å². The molecule has 1 atom stereocenters. The fraction of sp³-hybridized carbons (Fsp3) is 0.710. The highest BCUT2D eigenvalue weighted by atomic mass is 16.6. The molecule has 5 heteroatoms. The van der Waals surface area contributed by atoms with E-state index in [1.807, 2.05) is 0 Å². The Labute approximate surface area is 459 Å². The minimum Gasteiger partial charge on any atom is -0.462 e. The van der Waals surface area contributed by atoms with Crippen molar-refractivity contribution in [2.24, 2.45) is 0 Å². The molecule has 0 aromatic heterocycles. The number of hydrogen-bond donors (Lipinski definition) is 1. The first-order chi connectivity index (χ1) is 36.6. The van der Waals surface area contributed by atoms with Gasteiger partial charge in [0.15, 0.2) is 6.10 Å². The number of aliphatic hydroxyl groups is 1. The first-order valence-corrected chi connectivity index (χ1v) is 31.4. The standard InChI is InChI=1S/C69H118O5/c1-3-5-7-9-11-13-15-17-19-21-23-25-27-29-30-31-32-33-34-35-36-37-38-40-42-44-46-48-50-52-54-56-58-60-62-64-69(72)74-67(65-70)66-73-68(71)63-61-59-57-55-53-51-49-47-45-43-41-39-28-26-24-22-20-18-16-14-12-10-8-6-4-2/h5,7,11,13,16-19,22-25,28-30,32-33,39,67,70H,3-4,6,8-10,12,14-15,20-21,26-27,31,34-38,40-66H2,1-2H3/b7-5-,13-11-,18-16-,19-17-,24-22-,25-23-,30-29-,33-32-,39-28-. The zero-order valence-electron chi connectivity index (χ0n) is 48.6. The quantitative estimate of drug-likeness (QED) is 0.0373. The van der Waals surface area contributed by atoms with Crippen LogP contribution >= 0.6 is 0 Å². The van der Waals surface area contributed by atoms with Crippen LogP contribution in [0.3, 0.4) is 0 Å². The van der Waals surface area contributed by atoms with E-state index in [1.54, 1.807) is 0 Å². The predicted octanol–water partition coefficient (Wildman–Crippen LogP) is 21.6. The van der Waals surface area contributed by atoms with Gasteiger partial charge in [0, 0.05) is 12.8 Å². The molecule has 0 saturated heterocycles. The molecule has 0 rings (SSSR count). The Balaban J connectivity index is 3.49. The minimum absolute atomic E-state index is 0.0704. The van der Waals surface area contributed by atoms with Crippen molar-refractivity contribution in [3.63, 3.8) is 0 Å². The van der Waals surface area contributed by atoms with Gasteiger partial charge in [0.25, 0.3) is 0 Å². The summed E-state index contributed by atoms with van der Waals surface area (Å²) in [7, 11) is 0. The Morgan fingerprint density at radius 2 is 0.581 bits per heavy atom. The molecular weight excluding hydrogens is 909 g/mol. The second kappa shape index (κ2) is 63.8. The van der Waals surface area contributed by atoms with Crippen LogP contribution in [0.4, 0.5) is 0 Å². The number of unbranched alkanes of at least 4 members (excludes halogenated alkanes) is 31. The normalized spacial score (nSPS) is 13.0. The summed E-state index contributed by atoms with van der Waals surface area (Å²) in [6.07, 6.45) is 92.2. The van der Waals surface area contributed by atoms with Crippen LogP contribution in [-0.2, 0) is 19.1 Å². The Kier molecular flexibility index (Phi) is 60.9. The van der Waals surface area contributed by atoms with Crippen molar-refractivity contribution in [1.29, 1.82) is 0 Å². The number of allylic oxidation sites excluding steroid dienone is 18. The molecule has 0 aliphatic heterocycles. The summed E-state index contributed by atoms with van der Waals surface area (Å²) < 4.78 is 10.7. The Morgan fingerprint density at radius 1 is 0.324 bits per heavy atom. The van der Waals surface area contributed by atoms with E-state index in [4.69, 9.17) is 9.47 Å². The van der Waals surface area contributed by atoms with Crippen LogP contribution in [0.1, 0.15) is 296 Å². The van der Waals surface area contributed by atoms with Crippen molar-refractivity contribution in [2.45, 2.75) is 302 Å². The highest BCUT2D eigenvalue weighted by Crippen LogP contribution is 2.16. The smallest absolute Gasteiger partial charge is 0.306 e. The Morgan fingerprint density at radius 3 is 0.878 bits per heavy atom. The summed E-state index contributed by atoms with van der Waals surface area (Å²) in [5, 5.41) is 9.68. The number of hydrogen-bond acceptors (Lipinski definition) is 5. The summed E-state index contributed by atoms with van der Waals surface area (Å²) in [4.78, 5) is 24.6. The third kappa shape index (κ3) is 61.1. The lowest BCUT2D eigenvalue weighted by atomic mass is 10.0. The van der Waals surface area contributed by atoms with Gasteiger partial charge in [-0.3, -0.25) is 9.59 Å². The molecule has 74 heavy (non-hydrogen) atoms. The van der Waals surface area contributed by atoms with E-state index in [2.05, 4.69) is 123 Å². The highest BCUT2D eigenvalue weighted by molar-refractivity contribution is 5.70. The molecule has 0 amide bonds. The summed E-state index contributed by atoms with van der Waals surface area (Å²) in [6, 6.07) is 0. The fourth-order valence-corrected chi connectivity index (χ4v) is 8.86. The second-order valence-corrected chi connectivity index (χ2v) is 20.8. The van der Waals surface area contributed by atoms with Crippen LogP contribution in [0.2, 0.25) is 0 Å². The third-order valence-corrected chi connectivity index (χ3v) is 13.6. The van der Waals surface area contributed by atoms with Gasteiger partial charge in [0.2, 0.25) is 0 Å². The fourth-order valence-electron chi connectivity index (χ4n) is 8.86. The molecule has 424 valence electrons. The maximum absolute atomic E-state index is 12.3. The van der Waals surface area contributed by atoms with Crippen LogP contribution in [0, 0.1) is 0 Å². The molecule has 0 aliphatic rings. The molecule has 0 fully saturated rings. The van der Waals surface area contributed by atoms with Gasteiger partial charge in [0.05, 0.1) is 6.61 Å². The van der Waals surface area contributed by atoms with E-state index < -0.39 is 6.10 Å². The molecule has 0 aliphatic carbocycles. The van der Waals surface area contributed by atoms with E-state index in [9.17, 15) is 14.7 Å². The minimum atomic E-state index is -0.780. The van der Waals surface area contributed by atoms with E-state index >= 15 is 0 Å².